The number of fused-ring (bicyclic) bond motifs is 1. The first-order valence-corrected chi connectivity index (χ1v) is 6.50. The van der Waals surface area contributed by atoms with Crippen LogP contribution < -0.4 is 10.6 Å². The number of nitro groups is 2. The second kappa shape index (κ2) is 5.36. The fourth-order valence-corrected chi connectivity index (χ4v) is 2.40. The standard InChI is InChI=1S/C12H11N7O4/c1-13-11-10(19(22)23)9(16-12-14-6-15-17(11)12)7-2-4-8(5-3-7)18(20)21/h2-6,9,13H,1H3,(H,14,15,16). The van der Waals surface area contributed by atoms with Crippen LogP contribution in [0.3, 0.4) is 0 Å². The Kier molecular flexibility index (Phi) is 3.37. The van der Waals surface area contributed by atoms with Gasteiger partial charge in [0.1, 0.15) is 12.4 Å². The summed E-state index contributed by atoms with van der Waals surface area (Å²) >= 11 is 0. The zero-order valence-corrected chi connectivity index (χ0v) is 11.8. The molecule has 1 aliphatic heterocycles. The Morgan fingerprint density at radius 1 is 1.22 bits per heavy atom. The second-order valence-corrected chi connectivity index (χ2v) is 4.66. The van der Waals surface area contributed by atoms with E-state index in [0.717, 1.165) is 0 Å². The zero-order valence-electron chi connectivity index (χ0n) is 11.8. The molecule has 11 nitrogen and oxygen atoms in total. The lowest BCUT2D eigenvalue weighted by Gasteiger charge is -2.24. The van der Waals surface area contributed by atoms with Crippen molar-refractivity contribution in [3.63, 3.8) is 0 Å². The van der Waals surface area contributed by atoms with Gasteiger partial charge in [0.15, 0.2) is 0 Å². The predicted molar refractivity (Wildman–Crippen MR) is 78.8 cm³/mol. The Labute approximate surface area is 128 Å². The van der Waals surface area contributed by atoms with Crippen LogP contribution in [0.4, 0.5) is 11.6 Å². The van der Waals surface area contributed by atoms with E-state index in [1.54, 1.807) is 7.05 Å². The van der Waals surface area contributed by atoms with Gasteiger partial charge in [-0.25, -0.2) is 0 Å². The first-order valence-electron chi connectivity index (χ1n) is 6.50. The third-order valence-electron chi connectivity index (χ3n) is 3.42. The molecule has 1 aromatic carbocycles. The molecular formula is C12H11N7O4. The van der Waals surface area contributed by atoms with E-state index in [1.165, 1.54) is 35.3 Å². The van der Waals surface area contributed by atoms with E-state index < -0.39 is 15.9 Å². The van der Waals surface area contributed by atoms with Crippen molar-refractivity contribution in [2.45, 2.75) is 6.04 Å². The summed E-state index contributed by atoms with van der Waals surface area (Å²) in [6, 6.07) is 4.72. The Hall–Kier alpha value is -3.50. The minimum Gasteiger partial charge on any atom is -0.367 e. The number of nitrogens with zero attached hydrogens (tertiary/aromatic N) is 5. The molecule has 3 rings (SSSR count). The van der Waals surface area contributed by atoms with Gasteiger partial charge in [-0.1, -0.05) is 0 Å². The highest BCUT2D eigenvalue weighted by Gasteiger charge is 2.37. The van der Waals surface area contributed by atoms with Crippen molar-refractivity contribution in [3.8, 4) is 0 Å². The van der Waals surface area contributed by atoms with Gasteiger partial charge in [-0.05, 0) is 17.7 Å². The normalized spacial score (nSPS) is 16.5. The molecule has 1 atom stereocenters. The van der Waals surface area contributed by atoms with Crippen LogP contribution in [0, 0.1) is 20.2 Å². The van der Waals surface area contributed by atoms with E-state index in [0.29, 0.717) is 11.5 Å². The molecule has 11 heteroatoms. The molecule has 2 aromatic rings. The quantitative estimate of drug-likeness (QED) is 0.627. The fraction of sp³-hybridized carbons (Fsp3) is 0.167. The van der Waals surface area contributed by atoms with Crippen molar-refractivity contribution in [2.24, 2.45) is 0 Å². The molecule has 118 valence electrons. The summed E-state index contributed by atoms with van der Waals surface area (Å²) in [7, 11) is 1.54. The number of nitro benzene ring substituents is 1. The first-order chi connectivity index (χ1) is 11.0. The van der Waals surface area contributed by atoms with E-state index >= 15 is 0 Å². The molecule has 0 amide bonds. The molecule has 1 aliphatic rings. The van der Waals surface area contributed by atoms with Crippen LogP contribution >= 0.6 is 0 Å². The third kappa shape index (κ3) is 2.33. The molecule has 0 saturated heterocycles. The lowest BCUT2D eigenvalue weighted by atomic mass is 10.0. The minimum absolute atomic E-state index is 0.0896. The summed E-state index contributed by atoms with van der Waals surface area (Å²) in [4.78, 5) is 25.2. The first kappa shape index (κ1) is 14.4. The topological polar surface area (TPSA) is 141 Å². The monoisotopic (exact) mass is 317 g/mol. The summed E-state index contributed by atoms with van der Waals surface area (Å²) in [5, 5.41) is 31.9. The molecule has 0 spiro atoms. The number of nitrogens with one attached hydrogen (secondary N) is 2. The van der Waals surface area contributed by atoms with Gasteiger partial charge in [0, 0.05) is 19.2 Å². The van der Waals surface area contributed by atoms with Gasteiger partial charge in [-0.2, -0.15) is 14.8 Å². The number of rotatable bonds is 4. The lowest BCUT2D eigenvalue weighted by Crippen LogP contribution is -2.32. The summed E-state index contributed by atoms with van der Waals surface area (Å²) in [6.45, 7) is 0. The van der Waals surface area contributed by atoms with Gasteiger partial charge >= 0.3 is 5.70 Å². The predicted octanol–water partition coefficient (Wildman–Crippen LogP) is 0.975. The summed E-state index contributed by atoms with van der Waals surface area (Å²) in [6.07, 6.45) is 1.27. The van der Waals surface area contributed by atoms with Crippen molar-refractivity contribution < 1.29 is 9.85 Å². The van der Waals surface area contributed by atoms with Crippen LogP contribution in [-0.4, -0.2) is 31.7 Å². The van der Waals surface area contributed by atoms with Gasteiger partial charge in [0.2, 0.25) is 11.8 Å². The molecule has 0 fully saturated rings. The molecule has 0 radical (unpaired) electrons. The summed E-state index contributed by atoms with van der Waals surface area (Å²) in [5.74, 6) is 0.521. The van der Waals surface area contributed by atoms with E-state index in [1.807, 2.05) is 0 Å². The highest BCUT2D eigenvalue weighted by atomic mass is 16.6. The Bertz CT molecular complexity index is 811. The average molecular weight is 317 g/mol. The lowest BCUT2D eigenvalue weighted by molar-refractivity contribution is -0.429. The highest BCUT2D eigenvalue weighted by molar-refractivity contribution is 5.59. The van der Waals surface area contributed by atoms with Crippen LogP contribution in [0.5, 0.6) is 0 Å². The zero-order chi connectivity index (χ0) is 16.6. The molecule has 0 aliphatic carbocycles. The van der Waals surface area contributed by atoms with Crippen LogP contribution in [0.15, 0.2) is 36.3 Å². The SMILES string of the molecule is CNC1=C([N+](=O)[O-])C(c2ccc([N+](=O)[O-])cc2)Nc2ncnn21. The third-order valence-corrected chi connectivity index (χ3v) is 3.42. The number of benzene rings is 1. The molecule has 1 aromatic heterocycles. The summed E-state index contributed by atoms with van der Waals surface area (Å²) < 4.78 is 1.29. The molecule has 1 unspecified atom stereocenters. The number of hydrogen-bond donors (Lipinski definition) is 2. The van der Waals surface area contributed by atoms with Crippen molar-refractivity contribution in [1.29, 1.82) is 0 Å². The van der Waals surface area contributed by atoms with Gasteiger partial charge in [0.05, 0.1) is 9.85 Å². The van der Waals surface area contributed by atoms with Crippen molar-refractivity contribution in [2.75, 3.05) is 12.4 Å². The van der Waals surface area contributed by atoms with E-state index in [4.69, 9.17) is 0 Å². The maximum Gasteiger partial charge on any atom is 0.314 e. The van der Waals surface area contributed by atoms with Crippen LogP contribution in [0.2, 0.25) is 0 Å². The van der Waals surface area contributed by atoms with Crippen molar-refractivity contribution in [3.05, 3.63) is 62.1 Å². The van der Waals surface area contributed by atoms with Gasteiger partial charge in [0.25, 0.3) is 5.69 Å². The van der Waals surface area contributed by atoms with Gasteiger partial charge in [-0.3, -0.25) is 20.2 Å². The molecule has 0 bridgehead atoms. The van der Waals surface area contributed by atoms with Crippen molar-refractivity contribution >= 4 is 17.5 Å². The fourth-order valence-electron chi connectivity index (χ4n) is 2.40. The Balaban J connectivity index is 2.11. The van der Waals surface area contributed by atoms with E-state index in [-0.39, 0.29) is 17.2 Å². The largest absolute Gasteiger partial charge is 0.367 e. The Morgan fingerprint density at radius 3 is 2.48 bits per heavy atom. The number of aromatic nitrogens is 3. The van der Waals surface area contributed by atoms with E-state index in [2.05, 4.69) is 20.7 Å². The van der Waals surface area contributed by atoms with E-state index in [9.17, 15) is 20.2 Å². The summed E-state index contributed by atoms with van der Waals surface area (Å²) in [5.41, 5.74) is 0.261. The highest BCUT2D eigenvalue weighted by Crippen LogP contribution is 2.34. The molecule has 23 heavy (non-hydrogen) atoms. The smallest absolute Gasteiger partial charge is 0.314 e. The molecule has 2 heterocycles. The molecular weight excluding hydrogens is 306 g/mol. The van der Waals surface area contributed by atoms with Crippen molar-refractivity contribution in [1.82, 2.24) is 20.1 Å². The maximum atomic E-state index is 11.5. The second-order valence-electron chi connectivity index (χ2n) is 4.66. The van der Waals surface area contributed by atoms with Crippen LogP contribution in [0.1, 0.15) is 11.6 Å². The number of hydrogen-bond acceptors (Lipinski definition) is 8. The Morgan fingerprint density at radius 2 is 1.91 bits per heavy atom. The average Bonchev–Trinajstić information content (AvgIpc) is 3.01. The maximum absolute atomic E-state index is 11.5. The minimum atomic E-state index is -0.815. The molecule has 0 saturated carbocycles. The van der Waals surface area contributed by atoms with Crippen LogP contribution in [0.25, 0.3) is 5.82 Å². The van der Waals surface area contributed by atoms with Crippen LogP contribution in [-0.2, 0) is 0 Å². The van der Waals surface area contributed by atoms with Gasteiger partial charge in [-0.15, -0.1) is 0 Å². The van der Waals surface area contributed by atoms with Gasteiger partial charge < -0.3 is 10.6 Å². The molecule has 2 N–H and O–H groups in total. The number of anilines is 1. The number of non-ortho nitro benzene ring substituents is 1.